The minimum atomic E-state index is -2.71. The number of quaternary nitrogens is 1. The number of hydrogen-bond acceptors (Lipinski definition) is 1. The summed E-state index contributed by atoms with van der Waals surface area (Å²) in [6, 6.07) is 9.66. The predicted molar refractivity (Wildman–Crippen MR) is 98.3 cm³/mol. The molecule has 1 aliphatic rings. The Kier molecular flexibility index (Phi) is 5.95. The summed E-state index contributed by atoms with van der Waals surface area (Å²) in [7, 11) is 0. The maximum absolute atomic E-state index is 11.9. The van der Waals surface area contributed by atoms with E-state index in [0.29, 0.717) is 26.1 Å². The van der Waals surface area contributed by atoms with Crippen LogP contribution in [0, 0.1) is 5.92 Å². The van der Waals surface area contributed by atoms with E-state index in [0.717, 1.165) is 31.2 Å². The van der Waals surface area contributed by atoms with Crippen molar-refractivity contribution in [1.82, 2.24) is 0 Å². The smallest absolute Gasteiger partial charge is 0.0978 e. The quantitative estimate of drug-likeness (QED) is 0.702. The van der Waals surface area contributed by atoms with Crippen LogP contribution in [0.4, 0.5) is 0 Å². The highest BCUT2D eigenvalue weighted by atomic mass is 35.5. The lowest BCUT2D eigenvalue weighted by molar-refractivity contribution is -0.924. The zero-order valence-electron chi connectivity index (χ0n) is 20.1. The first-order valence-corrected chi connectivity index (χ1v) is 9.18. The van der Waals surface area contributed by atoms with E-state index >= 15 is 0 Å². The molecule has 0 spiro atoms. The van der Waals surface area contributed by atoms with Crippen molar-refractivity contribution in [2.75, 3.05) is 26.1 Å². The highest BCUT2D eigenvalue weighted by molar-refractivity contribution is 5.23. The van der Waals surface area contributed by atoms with Crippen LogP contribution in [0.2, 0.25) is 0 Å². The van der Waals surface area contributed by atoms with Crippen LogP contribution in [-0.4, -0.2) is 35.7 Å². The second-order valence-corrected chi connectivity index (χ2v) is 6.99. The van der Waals surface area contributed by atoms with Crippen LogP contribution in [0.5, 0.6) is 0 Å². The number of nitrogens with zero attached hydrogens (tertiary/aromatic N) is 1. The molecule has 2 rings (SSSR count). The first-order chi connectivity index (χ1) is 13.0. The van der Waals surface area contributed by atoms with Crippen molar-refractivity contribution in [3.8, 4) is 0 Å². The van der Waals surface area contributed by atoms with E-state index in [1.165, 1.54) is 6.42 Å². The van der Waals surface area contributed by atoms with Crippen molar-refractivity contribution in [3.05, 3.63) is 35.9 Å². The highest BCUT2D eigenvalue weighted by Crippen LogP contribution is 2.42. The molecule has 0 bridgehead atoms. The molecule has 1 atom stereocenters. The Morgan fingerprint density at radius 2 is 1.79 bits per heavy atom. The molecule has 3 heteroatoms. The summed E-state index contributed by atoms with van der Waals surface area (Å²) in [5.74, 6) is 0.123. The third-order valence-electron chi connectivity index (χ3n) is 5.92. The number of hydrogen-bond donors (Lipinski definition) is 1. The van der Waals surface area contributed by atoms with Gasteiger partial charge in [-0.05, 0) is 45.0 Å². The molecule has 0 aliphatic heterocycles. The molecule has 1 fully saturated rings. The van der Waals surface area contributed by atoms with Gasteiger partial charge >= 0.3 is 0 Å². The molecule has 2 nitrogen and oxygen atoms in total. The van der Waals surface area contributed by atoms with E-state index in [1.54, 1.807) is 0 Å². The molecule has 1 saturated carbocycles. The summed E-state index contributed by atoms with van der Waals surface area (Å²) in [5, 5.41) is 11.9. The molecule has 0 aromatic heterocycles. The standard InChI is InChI=1S/C21H36NO.ClH/c1-4-22(5-2,6-3)18-17-21(23,19-13-9-7-10-14-19)20-15-11-8-12-16-20;/h7,9-10,13-14,20,23H,4-6,8,11-12,15-18H2,1-3H3;1H/q+1;/p-1/i1D3,4D2;. The van der Waals surface area contributed by atoms with Gasteiger partial charge < -0.3 is 22.0 Å². The fourth-order valence-electron chi connectivity index (χ4n) is 4.03. The van der Waals surface area contributed by atoms with E-state index in [9.17, 15) is 5.11 Å². The molecule has 1 unspecified atom stereocenters. The third-order valence-corrected chi connectivity index (χ3v) is 5.92. The lowest BCUT2D eigenvalue weighted by atomic mass is 9.71. The molecule has 0 heterocycles. The zero-order chi connectivity index (χ0) is 21.1. The van der Waals surface area contributed by atoms with Crippen LogP contribution in [0.3, 0.4) is 0 Å². The Labute approximate surface area is 162 Å². The van der Waals surface area contributed by atoms with Gasteiger partial charge in [0.05, 0.1) is 34.5 Å². The summed E-state index contributed by atoms with van der Waals surface area (Å²) in [6.07, 6.45) is 5.65. The molecule has 24 heavy (non-hydrogen) atoms. The molecule has 1 aliphatic carbocycles. The summed E-state index contributed by atoms with van der Waals surface area (Å²) < 4.78 is 40.0. The van der Waals surface area contributed by atoms with Gasteiger partial charge in [-0.25, -0.2) is 0 Å². The van der Waals surface area contributed by atoms with Gasteiger partial charge in [0.2, 0.25) is 0 Å². The highest BCUT2D eigenvalue weighted by Gasteiger charge is 2.40. The van der Waals surface area contributed by atoms with E-state index in [4.69, 9.17) is 6.85 Å². The molecule has 138 valence electrons. The second-order valence-electron chi connectivity index (χ2n) is 6.99. The lowest BCUT2D eigenvalue weighted by Crippen LogP contribution is -3.00. The van der Waals surface area contributed by atoms with Crippen molar-refractivity contribution >= 4 is 0 Å². The Bertz CT molecular complexity index is 615. The maximum Gasteiger partial charge on any atom is 0.0978 e. The van der Waals surface area contributed by atoms with Gasteiger partial charge in [0.1, 0.15) is 0 Å². The minimum absolute atomic E-state index is 0. The Hall–Kier alpha value is -0.570. The van der Waals surface area contributed by atoms with Gasteiger partial charge in [-0.15, -0.1) is 0 Å². The van der Waals surface area contributed by atoms with Crippen molar-refractivity contribution in [1.29, 1.82) is 0 Å². The fraction of sp³-hybridized carbons (Fsp3) is 0.714. The SMILES string of the molecule is [2H]C([2H])([2H])C([2H])([2H])[N+](CC)(CC)CCC(O)(c1ccccc1)C1CCCCC1.[Cl-]. The number of benzene rings is 1. The van der Waals surface area contributed by atoms with Gasteiger partial charge in [0, 0.05) is 10.5 Å². The summed E-state index contributed by atoms with van der Waals surface area (Å²) in [5.41, 5.74) is -0.193. The van der Waals surface area contributed by atoms with Gasteiger partial charge in [-0.3, -0.25) is 0 Å². The molecule has 1 N–H and O–H groups in total. The maximum atomic E-state index is 11.9. The first-order valence-electron chi connectivity index (χ1n) is 11.7. The Balaban J connectivity index is 0.00000420. The second kappa shape index (κ2) is 9.79. The average Bonchev–Trinajstić information content (AvgIpc) is 2.69. The molecule has 1 aromatic carbocycles. The van der Waals surface area contributed by atoms with Crippen molar-refractivity contribution < 1.29 is 28.9 Å². The topological polar surface area (TPSA) is 20.2 Å². The normalized spacial score (nSPS) is 22.9. The van der Waals surface area contributed by atoms with Crippen molar-refractivity contribution in [2.45, 2.75) is 64.8 Å². The van der Waals surface area contributed by atoms with Crippen molar-refractivity contribution in [2.24, 2.45) is 5.92 Å². The minimum Gasteiger partial charge on any atom is -1.00 e. The van der Waals surface area contributed by atoms with E-state index < -0.39 is 18.9 Å². The van der Waals surface area contributed by atoms with Gasteiger partial charge in [-0.2, -0.15) is 0 Å². The average molecular weight is 359 g/mol. The van der Waals surface area contributed by atoms with Gasteiger partial charge in [0.25, 0.3) is 0 Å². The summed E-state index contributed by atoms with van der Waals surface area (Å²) in [4.78, 5) is 0. The van der Waals surface area contributed by atoms with Gasteiger partial charge in [-0.1, -0.05) is 49.6 Å². The monoisotopic (exact) mass is 358 g/mol. The van der Waals surface area contributed by atoms with Crippen LogP contribution in [0.15, 0.2) is 30.3 Å². The number of aliphatic hydroxyl groups is 1. The van der Waals surface area contributed by atoms with Crippen LogP contribution < -0.4 is 12.4 Å². The fourth-order valence-corrected chi connectivity index (χ4v) is 4.03. The first kappa shape index (κ1) is 14.6. The van der Waals surface area contributed by atoms with Crippen LogP contribution >= 0.6 is 0 Å². The lowest BCUT2D eigenvalue weighted by Gasteiger charge is -2.43. The van der Waals surface area contributed by atoms with E-state index in [1.807, 2.05) is 44.2 Å². The van der Waals surface area contributed by atoms with Crippen molar-refractivity contribution in [3.63, 3.8) is 0 Å². The number of halogens is 1. The Morgan fingerprint density at radius 1 is 1.17 bits per heavy atom. The third kappa shape index (κ3) is 4.74. The van der Waals surface area contributed by atoms with Crippen LogP contribution in [-0.2, 0) is 5.60 Å². The molecule has 1 aromatic rings. The van der Waals surface area contributed by atoms with E-state index in [-0.39, 0.29) is 22.8 Å². The molecule has 0 radical (unpaired) electrons. The van der Waals surface area contributed by atoms with Crippen LogP contribution in [0.25, 0.3) is 0 Å². The van der Waals surface area contributed by atoms with Gasteiger partial charge in [0.15, 0.2) is 0 Å². The Morgan fingerprint density at radius 3 is 2.33 bits per heavy atom. The summed E-state index contributed by atoms with van der Waals surface area (Å²) >= 11 is 0. The number of rotatable bonds is 8. The largest absolute Gasteiger partial charge is 1.00 e. The molecule has 0 saturated heterocycles. The summed E-state index contributed by atoms with van der Waals surface area (Å²) in [6.45, 7) is -0.352. The predicted octanol–water partition coefficient (Wildman–Crippen LogP) is 1.73. The molecular formula is C21H36ClNO. The molecule has 0 amide bonds. The van der Waals surface area contributed by atoms with E-state index in [2.05, 4.69) is 0 Å². The molecular weight excluding hydrogens is 318 g/mol. The van der Waals surface area contributed by atoms with Crippen LogP contribution in [0.1, 0.15) is 71.6 Å². The zero-order valence-corrected chi connectivity index (χ0v) is 15.9.